The lowest BCUT2D eigenvalue weighted by atomic mass is 9.91. The summed E-state index contributed by atoms with van der Waals surface area (Å²) in [5.41, 5.74) is 4.72. The predicted molar refractivity (Wildman–Crippen MR) is 542 cm³/mol. The Balaban J connectivity index is 0.000000122. The van der Waals surface area contributed by atoms with Crippen LogP contribution in [0, 0.1) is 17.8 Å². The molecule has 8 heterocycles. The second-order valence-corrected chi connectivity index (χ2v) is 36.3. The molecule has 0 amide bonds. The van der Waals surface area contributed by atoms with Gasteiger partial charge < -0.3 is 127 Å². The van der Waals surface area contributed by atoms with E-state index < -0.39 is 17.3 Å². The highest BCUT2D eigenvalue weighted by molar-refractivity contribution is 6.20. The minimum atomic E-state index is -0.452. The first-order valence-electron chi connectivity index (χ1n) is 46.6. The van der Waals surface area contributed by atoms with Crippen molar-refractivity contribution >= 4 is 65.1 Å². The van der Waals surface area contributed by atoms with Crippen molar-refractivity contribution in [1.82, 2.24) is 0 Å². The van der Waals surface area contributed by atoms with Crippen LogP contribution in [-0.4, -0.2) is 146 Å². The Morgan fingerprint density at radius 2 is 0.730 bits per heavy atom. The Kier molecular flexibility index (Phi) is 28.7. The zero-order valence-corrected chi connectivity index (χ0v) is 81.5. The number of methoxy groups -OCH3 is 6. The van der Waals surface area contributed by atoms with Crippen molar-refractivity contribution in [2.75, 3.05) is 49.3 Å². The summed E-state index contributed by atoms with van der Waals surface area (Å²) in [4.78, 5) is 75.2. The summed E-state index contributed by atoms with van der Waals surface area (Å²) < 4.78 is 88.2. The molecule has 0 radical (unpaired) electrons. The largest absolute Gasteiger partial charge is 0.508 e. The molecule has 1 saturated carbocycles. The monoisotopic (exact) mass is 2000 g/mol. The Bertz CT molecular complexity index is 7630. The summed E-state index contributed by atoms with van der Waals surface area (Å²) in [6, 6.07) is 52.5. The highest BCUT2D eigenvalue weighted by atomic mass is 16.5. The maximum Gasteiger partial charge on any atom is 0.235 e. The number of hydrogen-bond donors (Lipinski definition) is 10. The van der Waals surface area contributed by atoms with E-state index in [0.717, 1.165) is 55.5 Å². The maximum atomic E-state index is 12.9. The van der Waals surface area contributed by atoms with Crippen molar-refractivity contribution in [3.63, 3.8) is 0 Å². The molecule has 756 valence electrons. The Labute approximate surface area is 847 Å². The molecule has 148 heavy (non-hydrogen) atoms. The molecule has 10 N–H and O–H groups in total. The summed E-state index contributed by atoms with van der Waals surface area (Å²) >= 11 is 0. The second kappa shape index (κ2) is 42.1. The lowest BCUT2D eigenvalue weighted by Gasteiger charge is -2.33. The van der Waals surface area contributed by atoms with Gasteiger partial charge in [0.1, 0.15) is 183 Å². The SMILES string of the molecule is C=CCOc1ccccc1/C=C1\Oc2cc(O)cc(O)c2C1=O.COc1ccc(/C=C2\Oc3cc(O)cc(O)c3C2=O)cc1OC.COc1ccc(/C=C2\Oc3cc4c(c(O)c3C2=O)CCC(C)(C)O4)c(OC)c1.COc1ccc(/C=C2\Oc3cc4c(c(O)c3C2=O)CCC(C)(C)O4)cc1OC.O=C1/C(=C/C2CC3C=CC2C3)Oc2cc(O)cc(O)c21.O=C1/C(=C/c2cccc(Oc3ccccc3)c2)Oc2cc(O)cc(O)c21. The minimum Gasteiger partial charge on any atom is -0.508 e. The smallest absolute Gasteiger partial charge is 0.235 e. The molecule has 0 spiro atoms. The zero-order chi connectivity index (χ0) is 105. The number of allylic oxidation sites excluding steroid dienone is 9. The number of fused-ring (bicyclic) bond motifs is 10. The number of para-hydroxylation sites is 2. The van der Waals surface area contributed by atoms with Crippen LogP contribution in [0.3, 0.4) is 0 Å². The van der Waals surface area contributed by atoms with Crippen molar-refractivity contribution in [3.05, 3.63) is 332 Å². The Morgan fingerprint density at radius 3 is 1.15 bits per heavy atom. The number of phenolic OH excluding ortho intramolecular Hbond substituents is 10. The first-order valence-corrected chi connectivity index (χ1v) is 46.6. The first-order chi connectivity index (χ1) is 71.0. The van der Waals surface area contributed by atoms with Crippen LogP contribution in [0.5, 0.6) is 155 Å². The van der Waals surface area contributed by atoms with Gasteiger partial charge in [-0.1, -0.05) is 85.5 Å². The molecule has 3 atom stereocenters. The van der Waals surface area contributed by atoms with Crippen LogP contribution in [-0.2, 0) is 12.8 Å². The molecule has 12 aromatic carbocycles. The van der Waals surface area contributed by atoms with E-state index in [0.29, 0.717) is 145 Å². The third kappa shape index (κ3) is 21.4. The molecule has 2 aliphatic carbocycles. The van der Waals surface area contributed by atoms with E-state index in [2.05, 4.69) is 18.7 Å². The third-order valence-electron chi connectivity index (χ3n) is 25.2. The molecule has 32 nitrogen and oxygen atoms in total. The first kappa shape index (κ1) is 101. The topological polar surface area (TPSA) is 452 Å². The number of rotatable bonds is 17. The minimum absolute atomic E-state index is 0.0366. The highest BCUT2D eigenvalue weighted by Gasteiger charge is 2.43. The van der Waals surface area contributed by atoms with E-state index in [9.17, 15) is 79.8 Å². The van der Waals surface area contributed by atoms with Gasteiger partial charge in [-0.2, -0.15) is 0 Å². The number of ether oxygens (including phenoxy) is 16. The van der Waals surface area contributed by atoms with Gasteiger partial charge in [-0.05, 0) is 204 Å². The average molecular weight is 2010 g/mol. The zero-order valence-electron chi connectivity index (χ0n) is 81.5. The van der Waals surface area contributed by atoms with Gasteiger partial charge >= 0.3 is 0 Å². The number of Topliss-reactive ketones (excluding diaryl/α,β-unsaturated/α-hetero) is 6. The van der Waals surface area contributed by atoms with Crippen molar-refractivity contribution in [1.29, 1.82) is 0 Å². The molecule has 1 fully saturated rings. The summed E-state index contributed by atoms with van der Waals surface area (Å²) in [5.74, 6) is 5.55. The molecule has 10 aliphatic rings. The summed E-state index contributed by atoms with van der Waals surface area (Å²) in [5, 5.41) is 98.5. The van der Waals surface area contributed by atoms with Gasteiger partial charge in [0.15, 0.2) is 57.6 Å². The summed E-state index contributed by atoms with van der Waals surface area (Å²) in [6.45, 7) is 11.9. The van der Waals surface area contributed by atoms with Crippen LogP contribution < -0.4 is 75.8 Å². The highest BCUT2D eigenvalue weighted by Crippen LogP contribution is 2.54. The molecule has 32 heteroatoms. The Hall–Kier alpha value is -18.6. The number of carbonyl (C=O) groups excluding carboxylic acids is 6. The molecule has 2 bridgehead atoms. The van der Waals surface area contributed by atoms with Crippen LogP contribution in [0.1, 0.15) is 154 Å². The number of phenols is 10. The van der Waals surface area contributed by atoms with E-state index in [-0.39, 0.29) is 177 Å². The number of aromatic hydroxyl groups is 10. The standard InChI is InChI=1S/2C22H22O6.C21H14O5.C18H14O5.C17H14O6.C16H14O4/c1-22(2)8-7-14-16(28-22)11-17-19(20(14)23)21(24)18(27-17)9-12-5-6-13(25-3)10-15(12)26-4;1-22(2)8-7-13-15(28-22)11-17-19(20(13)23)21(24)18(27-17)10-12-5-6-14(25-3)16(9-12)26-4;22-14-11-17(23)20-18(12-14)26-19(21(20)24)10-13-5-4-8-16(9-13)25-15-6-2-1-3-7-15;1-2-7-22-14-6-4-3-5-11(14)8-16-18(21)17-13(20)9-12(19)10-15(17)23-16;1-21-12-4-3-9(5-13(12)22-2)6-15-17(20)16-11(19)7-10(18)8-14(16)23-15;17-11-6-12(18)15-13(7-11)20-14(16(15)19)5-10-4-8-1-2-9(10)3-8/h2*5-6,9-11,23H,7-8H2,1-4H3;1-12,22-23H;2-6,8-10,19-20H,1,7H2;3-8,18-19H,1-2H3;1-2,5-10,17-18H,3-4H2/b18-9-;18-10-;19-10-;16-8-;15-6-;14-5-. The van der Waals surface area contributed by atoms with Gasteiger partial charge in [0.05, 0.1) is 42.7 Å². The summed E-state index contributed by atoms with van der Waals surface area (Å²) in [7, 11) is 9.27. The van der Waals surface area contributed by atoms with Gasteiger partial charge in [0, 0.05) is 89.0 Å². The summed E-state index contributed by atoms with van der Waals surface area (Å²) in [6.07, 6.45) is 20.8. The van der Waals surface area contributed by atoms with Crippen LogP contribution in [0.15, 0.2) is 260 Å². The second-order valence-electron chi connectivity index (χ2n) is 36.3. The number of carbonyl (C=O) groups is 6. The lowest BCUT2D eigenvalue weighted by Crippen LogP contribution is -2.32. The quantitative estimate of drug-likeness (QED) is 0.0299. The number of ketones is 6. The predicted octanol–water partition coefficient (Wildman–Crippen LogP) is 21.5. The number of benzene rings is 12. The van der Waals surface area contributed by atoms with Crippen LogP contribution in [0.2, 0.25) is 0 Å². The number of hydrogen-bond acceptors (Lipinski definition) is 32. The van der Waals surface area contributed by atoms with Crippen molar-refractivity contribution in [3.8, 4) is 155 Å². The third-order valence-corrected chi connectivity index (χ3v) is 25.2. The van der Waals surface area contributed by atoms with Crippen molar-refractivity contribution < 1.29 is 156 Å². The molecule has 8 aliphatic heterocycles. The van der Waals surface area contributed by atoms with Crippen LogP contribution in [0.25, 0.3) is 30.4 Å². The molecule has 0 saturated heterocycles. The Morgan fingerprint density at radius 1 is 0.338 bits per heavy atom. The molecular weight excluding hydrogens is 1910 g/mol. The van der Waals surface area contributed by atoms with Gasteiger partial charge in [-0.15, -0.1) is 0 Å². The fraction of sp³-hybridized carbons (Fsp3) is 0.190. The van der Waals surface area contributed by atoms with Crippen molar-refractivity contribution in [2.24, 2.45) is 17.8 Å². The lowest BCUT2D eigenvalue weighted by molar-refractivity contribution is 0.0829. The fourth-order valence-electron chi connectivity index (χ4n) is 18.0. The molecule has 0 aromatic heterocycles. The molecule has 3 unspecified atom stereocenters. The average Bonchev–Trinajstić information content (AvgIpc) is 1.59. The van der Waals surface area contributed by atoms with Gasteiger partial charge in [0.25, 0.3) is 0 Å². The van der Waals surface area contributed by atoms with Crippen molar-refractivity contribution in [2.45, 2.75) is 77.4 Å². The molecule has 22 rings (SSSR count). The van der Waals surface area contributed by atoms with Gasteiger partial charge in [-0.25, -0.2) is 0 Å². The maximum absolute atomic E-state index is 12.9. The van der Waals surface area contributed by atoms with Gasteiger partial charge in [0.2, 0.25) is 34.7 Å². The van der Waals surface area contributed by atoms with E-state index in [1.165, 1.54) is 50.6 Å². The van der Waals surface area contributed by atoms with E-state index in [1.54, 1.807) is 144 Å². The van der Waals surface area contributed by atoms with E-state index in [1.807, 2.05) is 88.4 Å². The molecule has 12 aromatic rings. The van der Waals surface area contributed by atoms with E-state index in [4.69, 9.17) is 75.8 Å². The van der Waals surface area contributed by atoms with Crippen LogP contribution >= 0.6 is 0 Å². The van der Waals surface area contributed by atoms with E-state index >= 15 is 0 Å². The normalized spacial score (nSPS) is 18.2. The van der Waals surface area contributed by atoms with Gasteiger partial charge in [-0.3, -0.25) is 28.8 Å². The fourth-order valence-corrected chi connectivity index (χ4v) is 18.0. The molecular formula is C116H100O32. The van der Waals surface area contributed by atoms with Crippen LogP contribution in [0.4, 0.5) is 0 Å².